The molecule has 1 fully saturated rings. The number of nitrogens with zero attached hydrogens (tertiary/aromatic N) is 1. The number of aromatic nitrogens is 1. The Morgan fingerprint density at radius 2 is 1.94 bits per heavy atom. The van der Waals surface area contributed by atoms with E-state index in [4.69, 9.17) is 0 Å². The number of likely N-dealkylation sites (tertiary alicyclic amines) is 1. The first kappa shape index (κ1) is 11.8. The second kappa shape index (κ2) is 5.15. The topological polar surface area (TPSA) is 19.0 Å². The number of nitrogens with one attached hydrogen (secondary N) is 1. The molecule has 0 saturated carbocycles. The van der Waals surface area contributed by atoms with E-state index in [-0.39, 0.29) is 0 Å². The van der Waals surface area contributed by atoms with Gasteiger partial charge in [0.25, 0.3) is 0 Å². The van der Waals surface area contributed by atoms with Crippen LogP contribution in [-0.4, -0.2) is 29.0 Å². The van der Waals surface area contributed by atoms with Crippen LogP contribution in [0.4, 0.5) is 0 Å². The lowest BCUT2D eigenvalue weighted by molar-refractivity contribution is 0.173. The van der Waals surface area contributed by atoms with Crippen LogP contribution in [0.1, 0.15) is 31.7 Å². The highest BCUT2D eigenvalue weighted by Crippen LogP contribution is 2.21. The number of rotatable bonds is 3. The standard InChI is InChI=1S/C16H22N2/c1-13(18-9-5-2-6-10-18)11-14-12-17-16-8-4-3-7-15(14)16/h3-4,7-8,12-13,17H,2,5-6,9-11H2,1H3. The summed E-state index contributed by atoms with van der Waals surface area (Å²) in [4.78, 5) is 6.02. The zero-order valence-electron chi connectivity index (χ0n) is 11.2. The smallest absolute Gasteiger partial charge is 0.0456 e. The quantitative estimate of drug-likeness (QED) is 0.871. The highest BCUT2D eigenvalue weighted by atomic mass is 15.1. The maximum Gasteiger partial charge on any atom is 0.0456 e. The van der Waals surface area contributed by atoms with Gasteiger partial charge in [-0.05, 0) is 50.9 Å². The fraction of sp³-hybridized carbons (Fsp3) is 0.500. The zero-order valence-corrected chi connectivity index (χ0v) is 11.2. The lowest BCUT2D eigenvalue weighted by Gasteiger charge is -2.32. The van der Waals surface area contributed by atoms with E-state index in [2.05, 4.69) is 47.3 Å². The SMILES string of the molecule is CC(Cc1c[nH]c2ccccc12)N1CCCCC1. The van der Waals surface area contributed by atoms with Gasteiger partial charge in [-0.2, -0.15) is 0 Å². The van der Waals surface area contributed by atoms with Gasteiger partial charge in [0.15, 0.2) is 0 Å². The number of aromatic amines is 1. The van der Waals surface area contributed by atoms with E-state index in [1.807, 2.05) is 0 Å². The Kier molecular flexibility index (Phi) is 3.37. The van der Waals surface area contributed by atoms with Crippen molar-refractivity contribution < 1.29 is 0 Å². The molecular formula is C16H22N2. The molecule has 0 aliphatic carbocycles. The summed E-state index contributed by atoms with van der Waals surface area (Å²) in [6.07, 6.45) is 7.50. The Morgan fingerprint density at radius 3 is 2.78 bits per heavy atom. The first-order chi connectivity index (χ1) is 8.84. The number of fused-ring (bicyclic) bond motifs is 1. The largest absolute Gasteiger partial charge is 0.361 e. The summed E-state index contributed by atoms with van der Waals surface area (Å²) in [6, 6.07) is 9.26. The Hall–Kier alpha value is -1.28. The third-order valence-corrected chi connectivity index (χ3v) is 4.20. The first-order valence-electron chi connectivity index (χ1n) is 7.13. The maximum absolute atomic E-state index is 3.38. The van der Waals surface area contributed by atoms with Crippen LogP contribution in [0.3, 0.4) is 0 Å². The normalized spacial score (nSPS) is 19.2. The molecule has 0 spiro atoms. The molecule has 1 aromatic carbocycles. The number of H-pyrrole nitrogens is 1. The van der Waals surface area contributed by atoms with Gasteiger partial charge in [0.2, 0.25) is 0 Å². The summed E-state index contributed by atoms with van der Waals surface area (Å²) < 4.78 is 0. The monoisotopic (exact) mass is 242 g/mol. The molecule has 1 saturated heterocycles. The molecule has 96 valence electrons. The van der Waals surface area contributed by atoms with Crippen molar-refractivity contribution >= 4 is 10.9 Å². The fourth-order valence-electron chi connectivity index (χ4n) is 3.11. The molecular weight excluding hydrogens is 220 g/mol. The van der Waals surface area contributed by atoms with E-state index in [9.17, 15) is 0 Å². The van der Waals surface area contributed by atoms with Gasteiger partial charge < -0.3 is 9.88 Å². The van der Waals surface area contributed by atoms with Gasteiger partial charge in [-0.1, -0.05) is 24.6 Å². The van der Waals surface area contributed by atoms with Gasteiger partial charge in [0.1, 0.15) is 0 Å². The Balaban J connectivity index is 1.75. The Bertz CT molecular complexity index is 509. The van der Waals surface area contributed by atoms with E-state index in [1.165, 1.54) is 48.8 Å². The van der Waals surface area contributed by atoms with Gasteiger partial charge in [0, 0.05) is 23.1 Å². The molecule has 0 radical (unpaired) electrons. The van der Waals surface area contributed by atoms with Gasteiger partial charge in [-0.3, -0.25) is 0 Å². The number of hydrogen-bond acceptors (Lipinski definition) is 1. The van der Waals surface area contributed by atoms with Crippen LogP contribution in [0.5, 0.6) is 0 Å². The van der Waals surface area contributed by atoms with Gasteiger partial charge >= 0.3 is 0 Å². The van der Waals surface area contributed by atoms with E-state index >= 15 is 0 Å². The molecule has 18 heavy (non-hydrogen) atoms. The molecule has 2 nitrogen and oxygen atoms in total. The summed E-state index contributed by atoms with van der Waals surface area (Å²) in [5.41, 5.74) is 2.72. The van der Waals surface area contributed by atoms with Crippen LogP contribution in [0.15, 0.2) is 30.5 Å². The van der Waals surface area contributed by atoms with Crippen molar-refractivity contribution in [2.45, 2.75) is 38.6 Å². The summed E-state index contributed by atoms with van der Waals surface area (Å²) >= 11 is 0. The fourth-order valence-corrected chi connectivity index (χ4v) is 3.11. The second-order valence-electron chi connectivity index (χ2n) is 5.51. The molecule has 1 N–H and O–H groups in total. The third-order valence-electron chi connectivity index (χ3n) is 4.20. The van der Waals surface area contributed by atoms with Crippen LogP contribution >= 0.6 is 0 Å². The lowest BCUT2D eigenvalue weighted by atomic mass is 10.0. The van der Waals surface area contributed by atoms with Crippen LogP contribution in [0.2, 0.25) is 0 Å². The van der Waals surface area contributed by atoms with Crippen molar-refractivity contribution in [2.75, 3.05) is 13.1 Å². The molecule has 0 amide bonds. The van der Waals surface area contributed by atoms with Crippen molar-refractivity contribution in [3.63, 3.8) is 0 Å². The van der Waals surface area contributed by atoms with Gasteiger partial charge in [0.05, 0.1) is 0 Å². The maximum atomic E-state index is 3.38. The van der Waals surface area contributed by atoms with Gasteiger partial charge in [-0.25, -0.2) is 0 Å². The molecule has 1 aliphatic heterocycles. The van der Waals surface area contributed by atoms with Crippen molar-refractivity contribution in [1.29, 1.82) is 0 Å². The van der Waals surface area contributed by atoms with Crippen LogP contribution in [0, 0.1) is 0 Å². The number of para-hydroxylation sites is 1. The highest BCUT2D eigenvalue weighted by molar-refractivity contribution is 5.83. The number of hydrogen-bond donors (Lipinski definition) is 1. The summed E-state index contributed by atoms with van der Waals surface area (Å²) in [5.74, 6) is 0. The first-order valence-corrected chi connectivity index (χ1v) is 7.13. The molecule has 1 unspecified atom stereocenters. The lowest BCUT2D eigenvalue weighted by Crippen LogP contribution is -2.38. The Morgan fingerprint density at radius 1 is 1.17 bits per heavy atom. The Labute approximate surface area is 109 Å². The molecule has 0 bridgehead atoms. The van der Waals surface area contributed by atoms with Crippen LogP contribution in [0.25, 0.3) is 10.9 Å². The molecule has 2 heteroatoms. The zero-order chi connectivity index (χ0) is 12.4. The number of benzene rings is 1. The summed E-state index contributed by atoms with van der Waals surface area (Å²) in [6.45, 7) is 4.93. The highest BCUT2D eigenvalue weighted by Gasteiger charge is 2.17. The average molecular weight is 242 g/mol. The van der Waals surface area contributed by atoms with Crippen molar-refractivity contribution in [3.05, 3.63) is 36.0 Å². The summed E-state index contributed by atoms with van der Waals surface area (Å²) in [5, 5.41) is 1.39. The van der Waals surface area contributed by atoms with Crippen molar-refractivity contribution in [2.24, 2.45) is 0 Å². The van der Waals surface area contributed by atoms with Gasteiger partial charge in [-0.15, -0.1) is 0 Å². The van der Waals surface area contributed by atoms with E-state index in [0.29, 0.717) is 6.04 Å². The van der Waals surface area contributed by atoms with Crippen molar-refractivity contribution in [1.82, 2.24) is 9.88 Å². The minimum absolute atomic E-state index is 0.657. The second-order valence-corrected chi connectivity index (χ2v) is 5.51. The predicted octanol–water partition coefficient (Wildman–Crippen LogP) is 3.58. The summed E-state index contributed by atoms with van der Waals surface area (Å²) in [7, 11) is 0. The van der Waals surface area contributed by atoms with Crippen LogP contribution in [-0.2, 0) is 6.42 Å². The number of piperidine rings is 1. The molecule has 1 aliphatic rings. The molecule has 1 atom stereocenters. The third kappa shape index (κ3) is 2.30. The van der Waals surface area contributed by atoms with Crippen molar-refractivity contribution in [3.8, 4) is 0 Å². The molecule has 3 rings (SSSR count). The van der Waals surface area contributed by atoms with Crippen LogP contribution < -0.4 is 0 Å². The molecule has 2 heterocycles. The average Bonchev–Trinajstić information content (AvgIpc) is 2.83. The molecule has 2 aromatic rings. The minimum Gasteiger partial charge on any atom is -0.361 e. The van der Waals surface area contributed by atoms with E-state index in [1.54, 1.807) is 0 Å². The minimum atomic E-state index is 0.657. The molecule has 1 aromatic heterocycles. The predicted molar refractivity (Wildman–Crippen MR) is 76.9 cm³/mol. The van der Waals surface area contributed by atoms with E-state index in [0.717, 1.165) is 6.42 Å². The van der Waals surface area contributed by atoms with E-state index < -0.39 is 0 Å².